The summed E-state index contributed by atoms with van der Waals surface area (Å²) in [6, 6.07) is 0.678. The first-order chi connectivity index (χ1) is 18.3. The largest absolute Gasteiger partial charge is 0.477 e. The normalized spacial score (nSPS) is 19.3. The zero-order chi connectivity index (χ0) is 26.8. The van der Waals surface area contributed by atoms with E-state index < -0.39 is 29.9 Å². The van der Waals surface area contributed by atoms with Gasteiger partial charge in [0.15, 0.2) is 30.7 Å². The summed E-state index contributed by atoms with van der Waals surface area (Å²) in [7, 11) is 0. The highest BCUT2D eigenvalue weighted by Gasteiger charge is 2.53. The van der Waals surface area contributed by atoms with E-state index in [0.29, 0.717) is 28.0 Å². The molecular weight excluding hydrogens is 550 g/mol. The third-order valence-electron chi connectivity index (χ3n) is 5.71. The number of carbonyl (C=O) groups is 3. The Hall–Kier alpha value is -3.82. The molecular formula is C23H22N7O5S3+. The lowest BCUT2D eigenvalue weighted by Crippen LogP contribution is -2.72. The molecule has 0 bridgehead atoms. The molecule has 2 unspecified atom stereocenters. The SMILES string of the molecule is Cc1nc2c[n+](C/C=C/C3=C(C(=O)O)N4C(=O)C(NC(=O)C=NOCc5csc(N)n5)C4CS3)ccc2s1. The third kappa shape index (κ3) is 5.39. The van der Waals surface area contributed by atoms with Gasteiger partial charge in [0.1, 0.15) is 23.5 Å². The molecule has 0 aromatic carbocycles. The van der Waals surface area contributed by atoms with Gasteiger partial charge in [-0.2, -0.15) is 4.57 Å². The van der Waals surface area contributed by atoms with Crippen molar-refractivity contribution in [2.75, 3.05) is 11.5 Å². The average Bonchev–Trinajstić information content (AvgIpc) is 3.48. The molecule has 0 spiro atoms. The van der Waals surface area contributed by atoms with Gasteiger partial charge in [0.25, 0.3) is 11.8 Å². The minimum atomic E-state index is -1.20. The average molecular weight is 573 g/mol. The molecule has 15 heteroatoms. The topological polar surface area (TPSA) is 164 Å². The van der Waals surface area contributed by atoms with E-state index >= 15 is 0 Å². The Morgan fingerprint density at radius 2 is 2.26 bits per heavy atom. The van der Waals surface area contributed by atoms with Gasteiger partial charge in [0.05, 0.1) is 21.4 Å². The number of aryl methyl sites for hydroxylation is 1. The van der Waals surface area contributed by atoms with Gasteiger partial charge in [-0.3, -0.25) is 14.5 Å². The number of carbonyl (C=O) groups excluding carboxylic acids is 2. The Morgan fingerprint density at radius 3 is 3.03 bits per heavy atom. The quantitative estimate of drug-likeness (QED) is 0.149. The fourth-order valence-corrected chi connectivity index (χ4v) is 6.59. The molecule has 1 fully saturated rings. The maximum atomic E-state index is 12.8. The molecule has 38 heavy (non-hydrogen) atoms. The number of amides is 2. The number of thiazole rings is 2. The number of carboxylic acids is 1. The van der Waals surface area contributed by atoms with Crippen molar-refractivity contribution in [1.82, 2.24) is 20.2 Å². The number of oxime groups is 1. The number of nitrogen functional groups attached to an aromatic ring is 1. The highest BCUT2D eigenvalue weighted by molar-refractivity contribution is 8.03. The van der Waals surface area contributed by atoms with Crippen molar-refractivity contribution in [3.05, 3.63) is 57.3 Å². The number of pyridine rings is 1. The molecule has 5 heterocycles. The van der Waals surface area contributed by atoms with Crippen LogP contribution in [-0.4, -0.2) is 61.8 Å². The fraction of sp³-hybridized carbons (Fsp3) is 0.261. The van der Waals surface area contributed by atoms with Gasteiger partial charge in [0, 0.05) is 22.1 Å². The molecule has 0 saturated carbocycles. The number of carboxylic acid groups (broad SMARTS) is 1. The minimum absolute atomic E-state index is 0.0492. The van der Waals surface area contributed by atoms with Crippen molar-refractivity contribution in [3.63, 3.8) is 0 Å². The number of hydrogen-bond donors (Lipinski definition) is 3. The fourth-order valence-electron chi connectivity index (χ4n) is 4.04. The first-order valence-electron chi connectivity index (χ1n) is 11.3. The van der Waals surface area contributed by atoms with Crippen molar-refractivity contribution >= 4 is 73.8 Å². The van der Waals surface area contributed by atoms with Gasteiger partial charge in [-0.25, -0.2) is 14.8 Å². The molecule has 0 aliphatic carbocycles. The minimum Gasteiger partial charge on any atom is -0.477 e. The van der Waals surface area contributed by atoms with Crippen LogP contribution < -0.4 is 15.6 Å². The van der Waals surface area contributed by atoms with E-state index in [4.69, 9.17) is 10.6 Å². The van der Waals surface area contributed by atoms with Crippen LogP contribution in [0.5, 0.6) is 0 Å². The van der Waals surface area contributed by atoms with Crippen molar-refractivity contribution in [3.8, 4) is 0 Å². The Labute approximate surface area is 228 Å². The third-order valence-corrected chi connectivity index (χ3v) is 8.53. The monoisotopic (exact) mass is 572 g/mol. The molecule has 2 amide bonds. The molecule has 3 aromatic heterocycles. The van der Waals surface area contributed by atoms with Crippen LogP contribution in [0.2, 0.25) is 0 Å². The first-order valence-corrected chi connectivity index (χ1v) is 14.0. The number of fused-ring (bicyclic) bond motifs is 2. The summed E-state index contributed by atoms with van der Waals surface area (Å²) in [5, 5.41) is 19.1. The van der Waals surface area contributed by atoms with Crippen LogP contribution in [0, 0.1) is 6.92 Å². The van der Waals surface area contributed by atoms with Gasteiger partial charge >= 0.3 is 5.97 Å². The zero-order valence-electron chi connectivity index (χ0n) is 19.9. The summed E-state index contributed by atoms with van der Waals surface area (Å²) < 4.78 is 3.05. The molecule has 3 aromatic rings. The van der Waals surface area contributed by atoms with Crippen LogP contribution in [0.25, 0.3) is 10.2 Å². The van der Waals surface area contributed by atoms with Gasteiger partial charge in [-0.15, -0.1) is 34.4 Å². The number of nitrogens with one attached hydrogen (secondary N) is 1. The van der Waals surface area contributed by atoms with Crippen LogP contribution in [0.15, 0.2) is 51.8 Å². The predicted octanol–water partition coefficient (Wildman–Crippen LogP) is 1.43. The molecule has 2 atom stereocenters. The van der Waals surface area contributed by atoms with Crippen molar-refractivity contribution in [2.24, 2.45) is 5.16 Å². The van der Waals surface area contributed by atoms with Gasteiger partial charge in [-0.1, -0.05) is 5.16 Å². The Morgan fingerprint density at radius 1 is 1.42 bits per heavy atom. The van der Waals surface area contributed by atoms with Crippen LogP contribution in [0.1, 0.15) is 10.7 Å². The summed E-state index contributed by atoms with van der Waals surface area (Å²) in [4.78, 5) is 52.3. The van der Waals surface area contributed by atoms with Crippen molar-refractivity contribution in [2.45, 2.75) is 32.2 Å². The summed E-state index contributed by atoms with van der Waals surface area (Å²) in [5.74, 6) is -1.88. The van der Waals surface area contributed by atoms with Crippen LogP contribution >= 0.6 is 34.4 Å². The highest BCUT2D eigenvalue weighted by Crippen LogP contribution is 2.39. The smallest absolute Gasteiger partial charge is 0.353 e. The number of hydrogen-bond acceptors (Lipinski definition) is 11. The van der Waals surface area contributed by atoms with E-state index in [-0.39, 0.29) is 12.3 Å². The van der Waals surface area contributed by atoms with Crippen LogP contribution in [0.4, 0.5) is 5.13 Å². The Bertz CT molecular complexity index is 1510. The molecule has 0 radical (unpaired) electrons. The second-order valence-corrected chi connectivity index (χ2v) is 11.5. The Kier molecular flexibility index (Phi) is 7.40. The van der Waals surface area contributed by atoms with Crippen molar-refractivity contribution < 1.29 is 28.9 Å². The van der Waals surface area contributed by atoms with Gasteiger partial charge < -0.3 is 21.0 Å². The van der Waals surface area contributed by atoms with Crippen LogP contribution in [-0.2, 0) is 32.4 Å². The summed E-state index contributed by atoms with van der Waals surface area (Å²) in [5.41, 5.74) is 6.94. The standard InChI is InChI=1S/C23H21N7O5S3/c1-12-26-14-8-29(6-4-16(14)38-12)5-2-3-17-20(22(33)34)30-15(11-36-17)19(21(30)32)28-18(31)7-25-35-9-13-10-37-23(24)27-13/h2-4,6-8,10,15,19H,5,9,11H2,1H3,(H3-,24,27,28,31,33,34)/p+1/b3-2+,25-7?. The lowest BCUT2D eigenvalue weighted by Gasteiger charge is -2.49. The van der Waals surface area contributed by atoms with Gasteiger partial charge in [0.2, 0.25) is 0 Å². The number of aromatic nitrogens is 3. The van der Waals surface area contributed by atoms with E-state index in [1.807, 2.05) is 36.0 Å². The number of β-lactam (4-membered cyclic amide) rings is 1. The molecule has 5 rings (SSSR count). The number of thioether (sulfide) groups is 1. The lowest BCUT2D eigenvalue weighted by atomic mass is 9.94. The molecule has 12 nitrogen and oxygen atoms in total. The summed E-state index contributed by atoms with van der Waals surface area (Å²) in [6.45, 7) is 2.52. The second-order valence-electron chi connectivity index (χ2n) is 8.30. The molecule has 196 valence electrons. The lowest BCUT2D eigenvalue weighted by molar-refractivity contribution is -0.685. The Balaban J connectivity index is 1.19. The summed E-state index contributed by atoms with van der Waals surface area (Å²) in [6.07, 6.45) is 8.36. The molecule has 2 aliphatic rings. The highest BCUT2D eigenvalue weighted by atomic mass is 32.2. The van der Waals surface area contributed by atoms with E-state index in [1.54, 1.807) is 22.8 Å². The zero-order valence-corrected chi connectivity index (χ0v) is 22.4. The molecule has 4 N–H and O–H groups in total. The maximum absolute atomic E-state index is 12.8. The van der Waals surface area contributed by atoms with E-state index in [2.05, 4.69) is 20.4 Å². The van der Waals surface area contributed by atoms with Gasteiger partial charge in [-0.05, 0) is 19.1 Å². The number of aliphatic carboxylic acids is 1. The predicted molar refractivity (Wildman–Crippen MR) is 143 cm³/mol. The van der Waals surface area contributed by atoms with E-state index in [1.165, 1.54) is 28.0 Å². The summed E-state index contributed by atoms with van der Waals surface area (Å²) >= 11 is 4.22. The van der Waals surface area contributed by atoms with Crippen LogP contribution in [0.3, 0.4) is 0 Å². The number of allylic oxidation sites excluding steroid dienone is 2. The number of nitrogens with two attached hydrogens (primary N) is 1. The number of rotatable bonds is 9. The molecule has 2 aliphatic heterocycles. The van der Waals surface area contributed by atoms with Crippen molar-refractivity contribution in [1.29, 1.82) is 0 Å². The van der Waals surface area contributed by atoms with E-state index in [0.717, 1.165) is 21.4 Å². The second kappa shape index (κ2) is 10.9. The number of anilines is 1. The number of nitrogens with zero attached hydrogens (tertiary/aromatic N) is 5. The molecule has 1 saturated heterocycles. The van der Waals surface area contributed by atoms with E-state index in [9.17, 15) is 19.5 Å². The first kappa shape index (κ1) is 25.8. The maximum Gasteiger partial charge on any atom is 0.353 e.